The van der Waals surface area contributed by atoms with Gasteiger partial charge in [0.05, 0.1) is 32.8 Å². The molecule has 0 spiro atoms. The van der Waals surface area contributed by atoms with Crippen LogP contribution in [0.25, 0.3) is 0 Å². The molecule has 132 valence electrons. The van der Waals surface area contributed by atoms with E-state index in [1.54, 1.807) is 7.11 Å². The summed E-state index contributed by atoms with van der Waals surface area (Å²) >= 11 is 0. The van der Waals surface area contributed by atoms with E-state index in [1.807, 2.05) is 59.5 Å². The number of anilines is 1. The second kappa shape index (κ2) is 8.53. The van der Waals surface area contributed by atoms with E-state index >= 15 is 0 Å². The molecule has 1 aliphatic heterocycles. The summed E-state index contributed by atoms with van der Waals surface area (Å²) in [5, 5.41) is 3.48. The Hall–Kier alpha value is -2.53. The van der Waals surface area contributed by atoms with Gasteiger partial charge in [-0.15, -0.1) is 0 Å². The fourth-order valence-electron chi connectivity index (χ4n) is 2.94. The zero-order valence-electron chi connectivity index (χ0n) is 14.5. The highest BCUT2D eigenvalue weighted by atomic mass is 16.5. The van der Waals surface area contributed by atoms with Gasteiger partial charge in [0.2, 0.25) is 5.91 Å². The van der Waals surface area contributed by atoms with Crippen molar-refractivity contribution in [3.05, 3.63) is 60.2 Å². The summed E-state index contributed by atoms with van der Waals surface area (Å²) in [6.45, 7) is 2.58. The number of amides is 1. The number of morpholine rings is 1. The molecular weight excluding hydrogens is 316 g/mol. The van der Waals surface area contributed by atoms with Crippen LogP contribution in [0, 0.1) is 0 Å². The Kier molecular flexibility index (Phi) is 5.90. The first-order valence-electron chi connectivity index (χ1n) is 8.57. The van der Waals surface area contributed by atoms with Crippen molar-refractivity contribution in [2.24, 2.45) is 0 Å². The van der Waals surface area contributed by atoms with Crippen LogP contribution in [0.3, 0.4) is 0 Å². The van der Waals surface area contributed by atoms with Crippen molar-refractivity contribution in [1.82, 2.24) is 4.90 Å². The molecule has 0 radical (unpaired) electrons. The molecule has 2 aromatic rings. The lowest BCUT2D eigenvalue weighted by molar-refractivity contribution is -0.135. The van der Waals surface area contributed by atoms with E-state index in [4.69, 9.17) is 9.47 Å². The monoisotopic (exact) mass is 340 g/mol. The van der Waals surface area contributed by atoms with Crippen LogP contribution in [0.5, 0.6) is 5.75 Å². The number of nitrogens with one attached hydrogen (secondary N) is 1. The number of benzene rings is 2. The Morgan fingerprint density at radius 2 is 1.80 bits per heavy atom. The van der Waals surface area contributed by atoms with E-state index in [0.717, 1.165) is 17.0 Å². The van der Waals surface area contributed by atoms with Crippen LogP contribution < -0.4 is 10.1 Å². The number of methoxy groups -OCH3 is 1. The molecular formula is C20H24N2O3. The summed E-state index contributed by atoms with van der Waals surface area (Å²) in [5.74, 6) is 0.962. The highest BCUT2D eigenvalue weighted by Gasteiger charge is 2.22. The Labute approximate surface area is 148 Å². The molecule has 0 aliphatic carbocycles. The lowest BCUT2D eigenvalue weighted by atomic mass is 10.0. The zero-order valence-corrected chi connectivity index (χ0v) is 14.5. The normalized spacial score (nSPS) is 15.5. The molecule has 5 nitrogen and oxygen atoms in total. The van der Waals surface area contributed by atoms with Crippen molar-refractivity contribution in [3.63, 3.8) is 0 Å². The second-order valence-electron chi connectivity index (χ2n) is 6.03. The van der Waals surface area contributed by atoms with E-state index in [2.05, 4.69) is 5.32 Å². The van der Waals surface area contributed by atoms with Crippen LogP contribution >= 0.6 is 0 Å². The third-order valence-corrected chi connectivity index (χ3v) is 4.38. The van der Waals surface area contributed by atoms with Gasteiger partial charge in [-0.25, -0.2) is 0 Å². The molecule has 1 N–H and O–H groups in total. The van der Waals surface area contributed by atoms with Crippen LogP contribution in [-0.2, 0) is 9.53 Å². The van der Waals surface area contributed by atoms with E-state index in [1.165, 1.54) is 0 Å². The quantitative estimate of drug-likeness (QED) is 0.878. The van der Waals surface area contributed by atoms with Crippen molar-refractivity contribution in [1.29, 1.82) is 0 Å². The Morgan fingerprint density at radius 1 is 1.12 bits per heavy atom. The van der Waals surface area contributed by atoms with E-state index in [9.17, 15) is 4.79 Å². The minimum atomic E-state index is -0.0788. The Bertz CT molecular complexity index is 667. The maximum atomic E-state index is 12.7. The smallest absolute Gasteiger partial charge is 0.225 e. The number of ether oxygens (including phenoxy) is 2. The number of hydrogen-bond acceptors (Lipinski definition) is 4. The second-order valence-corrected chi connectivity index (χ2v) is 6.03. The number of carbonyl (C=O) groups excluding carboxylic acids is 1. The lowest BCUT2D eigenvalue weighted by Crippen LogP contribution is -2.41. The van der Waals surface area contributed by atoms with Gasteiger partial charge < -0.3 is 19.7 Å². The Morgan fingerprint density at radius 3 is 2.44 bits per heavy atom. The van der Waals surface area contributed by atoms with Crippen molar-refractivity contribution in [3.8, 4) is 5.75 Å². The van der Waals surface area contributed by atoms with Gasteiger partial charge in [0, 0.05) is 18.8 Å². The first-order chi connectivity index (χ1) is 12.3. The van der Waals surface area contributed by atoms with Crippen LogP contribution in [0.1, 0.15) is 18.0 Å². The molecule has 5 heteroatoms. The van der Waals surface area contributed by atoms with Crippen molar-refractivity contribution >= 4 is 11.6 Å². The van der Waals surface area contributed by atoms with Gasteiger partial charge in [-0.2, -0.15) is 0 Å². The first-order valence-corrected chi connectivity index (χ1v) is 8.57. The molecule has 0 bridgehead atoms. The summed E-state index contributed by atoms with van der Waals surface area (Å²) in [5.41, 5.74) is 2.06. The zero-order chi connectivity index (χ0) is 17.5. The van der Waals surface area contributed by atoms with Crippen LogP contribution in [0.15, 0.2) is 54.6 Å². The molecule has 1 unspecified atom stereocenters. The number of nitrogens with zero attached hydrogens (tertiary/aromatic N) is 1. The first kappa shape index (κ1) is 17.3. The van der Waals surface area contributed by atoms with Gasteiger partial charge in [0.15, 0.2) is 0 Å². The van der Waals surface area contributed by atoms with Crippen molar-refractivity contribution < 1.29 is 14.3 Å². The highest BCUT2D eigenvalue weighted by molar-refractivity contribution is 5.77. The predicted octanol–water partition coefficient (Wildman–Crippen LogP) is 3.10. The highest BCUT2D eigenvalue weighted by Crippen LogP contribution is 2.25. The van der Waals surface area contributed by atoms with Crippen molar-refractivity contribution in [2.75, 3.05) is 38.7 Å². The van der Waals surface area contributed by atoms with Crippen molar-refractivity contribution in [2.45, 2.75) is 12.5 Å². The molecule has 1 amide bonds. The Balaban J connectivity index is 1.73. The maximum Gasteiger partial charge on any atom is 0.225 e. The number of hydrogen-bond donors (Lipinski definition) is 1. The van der Waals surface area contributed by atoms with Gasteiger partial charge in [-0.3, -0.25) is 4.79 Å². The summed E-state index contributed by atoms with van der Waals surface area (Å²) in [7, 11) is 1.65. The third-order valence-electron chi connectivity index (χ3n) is 4.38. The molecule has 1 atom stereocenters. The summed E-state index contributed by atoms with van der Waals surface area (Å²) in [6, 6.07) is 17.8. The molecule has 3 rings (SSSR count). The van der Waals surface area contributed by atoms with Gasteiger partial charge >= 0.3 is 0 Å². The standard InChI is InChI=1S/C20H24N2O3/c1-24-18-9-7-17(8-10-18)21-19(16-5-3-2-4-6-16)15-20(23)22-11-13-25-14-12-22/h2-10,19,21H,11-15H2,1H3. The molecule has 1 heterocycles. The van der Waals surface area contributed by atoms with E-state index in [0.29, 0.717) is 32.7 Å². The summed E-state index contributed by atoms with van der Waals surface area (Å²) in [4.78, 5) is 14.6. The minimum Gasteiger partial charge on any atom is -0.497 e. The van der Waals surface area contributed by atoms with E-state index in [-0.39, 0.29) is 11.9 Å². The average Bonchev–Trinajstić information content (AvgIpc) is 2.69. The number of rotatable bonds is 6. The molecule has 1 aliphatic rings. The van der Waals surface area contributed by atoms with Gasteiger partial charge in [-0.1, -0.05) is 30.3 Å². The predicted molar refractivity (Wildman–Crippen MR) is 97.8 cm³/mol. The molecule has 0 aromatic heterocycles. The largest absolute Gasteiger partial charge is 0.497 e. The number of carbonyl (C=O) groups is 1. The topological polar surface area (TPSA) is 50.8 Å². The fraction of sp³-hybridized carbons (Fsp3) is 0.350. The van der Waals surface area contributed by atoms with Gasteiger partial charge in [0.25, 0.3) is 0 Å². The molecule has 0 saturated carbocycles. The maximum absolute atomic E-state index is 12.7. The van der Waals surface area contributed by atoms with Crippen LogP contribution in [-0.4, -0.2) is 44.2 Å². The molecule has 25 heavy (non-hydrogen) atoms. The molecule has 1 saturated heterocycles. The average molecular weight is 340 g/mol. The third kappa shape index (κ3) is 4.73. The summed E-state index contributed by atoms with van der Waals surface area (Å²) in [6.07, 6.45) is 0.413. The fourth-order valence-corrected chi connectivity index (χ4v) is 2.94. The minimum absolute atomic E-state index is 0.0788. The van der Waals surface area contributed by atoms with Gasteiger partial charge in [0.1, 0.15) is 5.75 Å². The molecule has 1 fully saturated rings. The van der Waals surface area contributed by atoms with Gasteiger partial charge in [-0.05, 0) is 29.8 Å². The summed E-state index contributed by atoms with van der Waals surface area (Å²) < 4.78 is 10.5. The van der Waals surface area contributed by atoms with Crippen LogP contribution in [0.2, 0.25) is 0 Å². The van der Waals surface area contributed by atoms with E-state index < -0.39 is 0 Å². The SMILES string of the molecule is COc1ccc(NC(CC(=O)N2CCOCC2)c2ccccc2)cc1. The molecule has 2 aromatic carbocycles. The lowest BCUT2D eigenvalue weighted by Gasteiger charge is -2.29. The van der Waals surface area contributed by atoms with Crippen LogP contribution in [0.4, 0.5) is 5.69 Å².